The van der Waals surface area contributed by atoms with Crippen molar-refractivity contribution in [2.24, 2.45) is 0 Å². The average molecular weight is 376 g/mol. The maximum Gasteiger partial charge on any atom is 0.0794 e. The van der Waals surface area contributed by atoms with Crippen molar-refractivity contribution >= 4 is 40.0 Å². The van der Waals surface area contributed by atoms with Gasteiger partial charge >= 0.3 is 0 Å². The second-order valence-electron chi connectivity index (χ2n) is 7.21. The molecular formula is C28H25N. The Morgan fingerprint density at radius 3 is 2.03 bits per heavy atom. The van der Waals surface area contributed by atoms with Gasteiger partial charge in [-0.2, -0.15) is 0 Å². The lowest BCUT2D eigenvalue weighted by Crippen LogP contribution is -1.96. The van der Waals surface area contributed by atoms with Crippen LogP contribution in [0.25, 0.3) is 51.2 Å². The second kappa shape index (κ2) is 7.89. The molecule has 0 fully saturated rings. The molecule has 1 nitrogen and oxygen atoms in total. The summed E-state index contributed by atoms with van der Waals surface area (Å²) in [6.45, 7) is 10.3. The molecule has 1 heteroatoms. The lowest BCUT2D eigenvalue weighted by molar-refractivity contribution is 1.41. The molecule has 0 unspecified atom stereocenters. The monoisotopic (exact) mass is 375 g/mol. The van der Waals surface area contributed by atoms with Crippen LogP contribution in [-0.2, 0) is 0 Å². The first-order chi connectivity index (χ1) is 14.2. The van der Waals surface area contributed by atoms with Crippen LogP contribution in [0.15, 0.2) is 73.3 Å². The van der Waals surface area contributed by atoms with Crippen LogP contribution in [-0.4, -0.2) is 4.98 Å². The molecule has 0 saturated carbocycles. The molecule has 0 radical (unpaired) electrons. The van der Waals surface area contributed by atoms with Crippen LogP contribution in [0.2, 0.25) is 0 Å². The van der Waals surface area contributed by atoms with Crippen molar-refractivity contribution in [1.82, 2.24) is 4.98 Å². The van der Waals surface area contributed by atoms with Crippen LogP contribution >= 0.6 is 0 Å². The van der Waals surface area contributed by atoms with E-state index in [1.165, 1.54) is 27.6 Å². The number of nitrogens with zero attached hydrogens (tertiary/aromatic N) is 1. The third kappa shape index (κ3) is 3.19. The van der Waals surface area contributed by atoms with Crippen LogP contribution in [0.4, 0.5) is 0 Å². The Kier molecular flexibility index (Phi) is 5.14. The summed E-state index contributed by atoms with van der Waals surface area (Å²) in [4.78, 5) is 5.22. The molecule has 0 bridgehead atoms. The summed E-state index contributed by atoms with van der Waals surface area (Å²) in [5.74, 6) is 0. The Hall–Kier alpha value is -3.45. The fourth-order valence-corrected chi connectivity index (χ4v) is 4.05. The SMILES string of the molecule is C=Cc1ccc2c(-c3ccccc3)c3ccc(C)c(/C=C\C)c3nc2c1/C=C\C. The van der Waals surface area contributed by atoms with Gasteiger partial charge in [0.2, 0.25) is 0 Å². The molecule has 29 heavy (non-hydrogen) atoms. The van der Waals surface area contributed by atoms with E-state index in [0.29, 0.717) is 0 Å². The molecule has 0 amide bonds. The molecule has 0 atom stereocenters. The third-order valence-corrected chi connectivity index (χ3v) is 5.40. The Morgan fingerprint density at radius 1 is 0.759 bits per heavy atom. The van der Waals surface area contributed by atoms with Crippen LogP contribution in [0, 0.1) is 6.92 Å². The summed E-state index contributed by atoms with van der Waals surface area (Å²) in [6.07, 6.45) is 10.4. The van der Waals surface area contributed by atoms with Gasteiger partial charge in [0, 0.05) is 27.5 Å². The van der Waals surface area contributed by atoms with Crippen molar-refractivity contribution in [2.75, 3.05) is 0 Å². The molecule has 4 rings (SSSR count). The zero-order chi connectivity index (χ0) is 20.4. The van der Waals surface area contributed by atoms with Crippen molar-refractivity contribution in [1.29, 1.82) is 0 Å². The number of fused-ring (bicyclic) bond motifs is 2. The minimum atomic E-state index is 1.02. The molecule has 4 aromatic rings. The molecule has 0 aliphatic carbocycles. The van der Waals surface area contributed by atoms with Gasteiger partial charge in [0.15, 0.2) is 0 Å². The Bertz CT molecular complexity index is 1270. The van der Waals surface area contributed by atoms with Crippen molar-refractivity contribution < 1.29 is 0 Å². The lowest BCUT2D eigenvalue weighted by Gasteiger charge is -2.16. The Labute approximate surface area is 172 Å². The smallest absolute Gasteiger partial charge is 0.0794 e. The van der Waals surface area contributed by atoms with E-state index >= 15 is 0 Å². The fourth-order valence-electron chi connectivity index (χ4n) is 4.05. The topological polar surface area (TPSA) is 12.9 Å². The third-order valence-electron chi connectivity index (χ3n) is 5.40. The molecule has 3 aromatic carbocycles. The summed E-state index contributed by atoms with van der Waals surface area (Å²) in [5.41, 5.74) is 9.13. The number of allylic oxidation sites excluding steroid dienone is 2. The van der Waals surface area contributed by atoms with Crippen LogP contribution in [0.5, 0.6) is 0 Å². The minimum Gasteiger partial charge on any atom is -0.246 e. The van der Waals surface area contributed by atoms with Gasteiger partial charge in [0.1, 0.15) is 0 Å². The summed E-state index contributed by atoms with van der Waals surface area (Å²) < 4.78 is 0. The first-order valence-electron chi connectivity index (χ1n) is 10.0. The number of aryl methyl sites for hydroxylation is 1. The molecule has 0 aliphatic heterocycles. The molecule has 0 saturated heterocycles. The number of aromatic nitrogens is 1. The first-order valence-corrected chi connectivity index (χ1v) is 10.0. The highest BCUT2D eigenvalue weighted by Gasteiger charge is 2.16. The van der Waals surface area contributed by atoms with E-state index in [9.17, 15) is 0 Å². The minimum absolute atomic E-state index is 1.02. The highest BCUT2D eigenvalue weighted by Crippen LogP contribution is 2.39. The van der Waals surface area contributed by atoms with Crippen molar-refractivity contribution in [3.05, 3.63) is 95.6 Å². The Balaban J connectivity index is 2.30. The van der Waals surface area contributed by atoms with E-state index in [0.717, 1.165) is 27.5 Å². The molecule has 142 valence electrons. The zero-order valence-electron chi connectivity index (χ0n) is 17.2. The number of hydrogen-bond donors (Lipinski definition) is 0. The molecule has 0 spiro atoms. The molecule has 0 N–H and O–H groups in total. The standard InChI is InChI=1S/C28H25N/c1-5-11-22-19(4)15-17-24-26(21-13-9-8-10-14-21)25-18-16-20(7-3)23(12-6-2)28(25)29-27(22)24/h5-18H,3H2,1-2,4H3/b11-5-,12-6-. The van der Waals surface area contributed by atoms with Crippen molar-refractivity contribution in [3.8, 4) is 11.1 Å². The number of rotatable bonds is 4. The fraction of sp³-hybridized carbons (Fsp3) is 0.107. The number of benzene rings is 3. The van der Waals surface area contributed by atoms with E-state index in [2.05, 4.69) is 99.3 Å². The predicted octanol–water partition coefficient (Wildman–Crippen LogP) is 8.07. The summed E-state index contributed by atoms with van der Waals surface area (Å²) >= 11 is 0. The van der Waals surface area contributed by atoms with E-state index in [1.807, 2.05) is 13.0 Å². The van der Waals surface area contributed by atoms with Gasteiger partial charge in [0.25, 0.3) is 0 Å². The largest absolute Gasteiger partial charge is 0.246 e. The van der Waals surface area contributed by atoms with E-state index in [1.54, 1.807) is 0 Å². The summed E-state index contributed by atoms with van der Waals surface area (Å²) in [6, 6.07) is 19.4. The maximum atomic E-state index is 5.22. The lowest BCUT2D eigenvalue weighted by atomic mass is 9.91. The van der Waals surface area contributed by atoms with Gasteiger partial charge in [0.05, 0.1) is 11.0 Å². The molecule has 0 aliphatic rings. The van der Waals surface area contributed by atoms with Gasteiger partial charge in [-0.3, -0.25) is 0 Å². The highest BCUT2D eigenvalue weighted by molar-refractivity contribution is 6.13. The van der Waals surface area contributed by atoms with Gasteiger partial charge in [-0.1, -0.05) is 91.6 Å². The summed E-state index contributed by atoms with van der Waals surface area (Å²) in [5, 5.41) is 2.35. The van der Waals surface area contributed by atoms with Crippen molar-refractivity contribution in [3.63, 3.8) is 0 Å². The van der Waals surface area contributed by atoms with Crippen molar-refractivity contribution in [2.45, 2.75) is 20.8 Å². The maximum absolute atomic E-state index is 5.22. The van der Waals surface area contributed by atoms with E-state index < -0.39 is 0 Å². The number of pyridine rings is 1. The van der Waals surface area contributed by atoms with E-state index in [4.69, 9.17) is 4.98 Å². The van der Waals surface area contributed by atoms with E-state index in [-0.39, 0.29) is 0 Å². The summed E-state index contributed by atoms with van der Waals surface area (Å²) in [7, 11) is 0. The second-order valence-corrected chi connectivity index (χ2v) is 7.21. The predicted molar refractivity (Wildman–Crippen MR) is 129 cm³/mol. The first kappa shape index (κ1) is 18.9. The Morgan fingerprint density at radius 2 is 1.38 bits per heavy atom. The molecule has 1 heterocycles. The van der Waals surface area contributed by atoms with Gasteiger partial charge < -0.3 is 0 Å². The number of hydrogen-bond acceptors (Lipinski definition) is 1. The van der Waals surface area contributed by atoms with Gasteiger partial charge in [-0.25, -0.2) is 4.98 Å². The highest BCUT2D eigenvalue weighted by atomic mass is 14.7. The van der Waals surface area contributed by atoms with Crippen LogP contribution in [0.3, 0.4) is 0 Å². The quantitative estimate of drug-likeness (QED) is 0.329. The van der Waals surface area contributed by atoms with Gasteiger partial charge in [-0.15, -0.1) is 0 Å². The molecular weight excluding hydrogens is 350 g/mol. The average Bonchev–Trinajstić information content (AvgIpc) is 2.75. The molecule has 1 aromatic heterocycles. The van der Waals surface area contributed by atoms with Crippen LogP contribution in [0.1, 0.15) is 36.1 Å². The van der Waals surface area contributed by atoms with Crippen LogP contribution < -0.4 is 0 Å². The normalized spacial score (nSPS) is 11.8. The zero-order valence-corrected chi connectivity index (χ0v) is 17.2. The van der Waals surface area contributed by atoms with Gasteiger partial charge in [-0.05, 0) is 37.5 Å².